The van der Waals surface area contributed by atoms with Gasteiger partial charge in [-0.1, -0.05) is 17.3 Å². The number of phenols is 1. The molecule has 3 N–H and O–H groups in total. The number of carboxylic acid groups (broad SMARTS) is 1. The molecule has 0 atom stereocenters. The highest BCUT2D eigenvalue weighted by molar-refractivity contribution is 5.98. The first-order valence-electron chi connectivity index (χ1n) is 7.11. The van der Waals surface area contributed by atoms with Crippen molar-refractivity contribution in [2.45, 2.75) is 12.8 Å². The van der Waals surface area contributed by atoms with E-state index in [2.05, 4.69) is 5.16 Å². The number of hydrogen-bond acceptors (Lipinski definition) is 6. The Hall–Kier alpha value is -3.22. The first-order chi connectivity index (χ1) is 11.5. The van der Waals surface area contributed by atoms with E-state index >= 15 is 0 Å². The van der Waals surface area contributed by atoms with Crippen molar-refractivity contribution in [3.05, 3.63) is 53.5 Å². The van der Waals surface area contributed by atoms with Crippen molar-refractivity contribution in [1.82, 2.24) is 0 Å². The van der Waals surface area contributed by atoms with Crippen LogP contribution in [0.25, 0.3) is 6.08 Å². The molecular formula is C17H17NO6. The molecule has 0 radical (unpaired) electrons. The molecule has 0 saturated carbocycles. The number of carbonyl (C=O) groups is 1. The number of methoxy groups -OCH3 is 1. The lowest BCUT2D eigenvalue weighted by atomic mass is 10.1. The van der Waals surface area contributed by atoms with Crippen LogP contribution < -0.4 is 4.74 Å². The summed E-state index contributed by atoms with van der Waals surface area (Å²) in [6.45, 7) is 0. The van der Waals surface area contributed by atoms with E-state index in [1.807, 2.05) is 0 Å². The largest absolute Gasteiger partial charge is 0.504 e. The Morgan fingerprint density at radius 3 is 2.75 bits per heavy atom. The van der Waals surface area contributed by atoms with Crippen LogP contribution in [0.15, 0.2) is 46.0 Å². The first-order valence-corrected chi connectivity index (χ1v) is 7.11. The molecule has 0 fully saturated rings. The number of rotatable bonds is 7. The lowest BCUT2D eigenvalue weighted by Gasteiger charge is -2.03. The third-order valence-electron chi connectivity index (χ3n) is 3.30. The highest BCUT2D eigenvalue weighted by atomic mass is 16.5. The summed E-state index contributed by atoms with van der Waals surface area (Å²) >= 11 is 0. The van der Waals surface area contributed by atoms with Crippen molar-refractivity contribution >= 4 is 17.8 Å². The number of furan rings is 1. The van der Waals surface area contributed by atoms with Crippen LogP contribution in [0.3, 0.4) is 0 Å². The van der Waals surface area contributed by atoms with Gasteiger partial charge in [0.15, 0.2) is 11.5 Å². The Morgan fingerprint density at radius 2 is 2.12 bits per heavy atom. The summed E-state index contributed by atoms with van der Waals surface area (Å²) in [6, 6.07) is 7.80. The highest BCUT2D eigenvalue weighted by Crippen LogP contribution is 2.26. The fraction of sp³-hybridized carbons (Fsp3) is 0.176. The normalized spacial score (nSPS) is 11.8. The first kappa shape index (κ1) is 17.1. The molecule has 0 aliphatic rings. The number of aryl methyl sites for hydroxylation is 1. The van der Waals surface area contributed by atoms with Gasteiger partial charge < -0.3 is 24.6 Å². The highest BCUT2D eigenvalue weighted by Gasteiger charge is 2.09. The van der Waals surface area contributed by atoms with Gasteiger partial charge >= 0.3 is 5.97 Å². The maximum Gasteiger partial charge on any atom is 0.371 e. The van der Waals surface area contributed by atoms with Gasteiger partial charge in [0, 0.05) is 12.8 Å². The molecule has 1 aromatic heterocycles. The van der Waals surface area contributed by atoms with Gasteiger partial charge in [-0.3, -0.25) is 0 Å². The lowest BCUT2D eigenvalue weighted by molar-refractivity contribution is 0.0660. The Morgan fingerprint density at radius 1 is 1.33 bits per heavy atom. The number of aromatic hydroxyl groups is 1. The third kappa shape index (κ3) is 4.39. The molecule has 0 aliphatic carbocycles. The fourth-order valence-corrected chi connectivity index (χ4v) is 2.04. The summed E-state index contributed by atoms with van der Waals surface area (Å²) in [6.07, 6.45) is 4.10. The van der Waals surface area contributed by atoms with Crippen molar-refractivity contribution in [2.75, 3.05) is 7.11 Å². The van der Waals surface area contributed by atoms with Gasteiger partial charge in [-0.2, -0.15) is 0 Å². The molecule has 2 aromatic rings. The van der Waals surface area contributed by atoms with Crippen LogP contribution in [0.1, 0.15) is 28.3 Å². The molecule has 7 heteroatoms. The van der Waals surface area contributed by atoms with E-state index in [0.29, 0.717) is 30.1 Å². The molecule has 0 bridgehead atoms. The predicted octanol–water partition coefficient (Wildman–Crippen LogP) is 3.17. The summed E-state index contributed by atoms with van der Waals surface area (Å²) in [5.41, 5.74) is 1.16. The van der Waals surface area contributed by atoms with Gasteiger partial charge in [-0.25, -0.2) is 4.79 Å². The molecule has 1 heterocycles. The standard InChI is InChI=1S/C17H17NO6/c1-23-16-10-11(3-8-14(16)19)2-4-12(18-22)5-6-13-7-9-15(24-13)17(20)21/h2-4,7-10,19,22H,5-6H2,1H3,(H,20,21)/b4-2+,18-12?. The quantitative estimate of drug-likeness (QED) is 0.408. The van der Waals surface area contributed by atoms with Crippen LogP contribution in [0.5, 0.6) is 11.5 Å². The van der Waals surface area contributed by atoms with E-state index in [9.17, 15) is 9.90 Å². The van der Waals surface area contributed by atoms with E-state index in [1.54, 1.807) is 30.4 Å². The topological polar surface area (TPSA) is 112 Å². The van der Waals surface area contributed by atoms with Gasteiger partial charge in [0.05, 0.1) is 12.8 Å². The predicted molar refractivity (Wildman–Crippen MR) is 86.9 cm³/mol. The second-order valence-electron chi connectivity index (χ2n) is 4.93. The number of phenolic OH excluding ortho intramolecular Hbond substituents is 1. The fourth-order valence-electron chi connectivity index (χ4n) is 2.04. The molecule has 0 amide bonds. The smallest absolute Gasteiger partial charge is 0.371 e. The van der Waals surface area contributed by atoms with Crippen molar-refractivity contribution in [1.29, 1.82) is 0 Å². The maximum atomic E-state index is 10.7. The Bertz CT molecular complexity index is 775. The summed E-state index contributed by atoms with van der Waals surface area (Å²) < 4.78 is 10.2. The minimum atomic E-state index is -1.13. The van der Waals surface area contributed by atoms with Crippen LogP contribution in [0, 0.1) is 0 Å². The van der Waals surface area contributed by atoms with E-state index in [1.165, 1.54) is 19.2 Å². The average molecular weight is 331 g/mol. The Labute approximate surface area is 138 Å². The summed E-state index contributed by atoms with van der Waals surface area (Å²) in [7, 11) is 1.46. The molecule has 0 aliphatic heterocycles. The average Bonchev–Trinajstić information content (AvgIpc) is 3.05. The van der Waals surface area contributed by atoms with Crippen molar-refractivity contribution in [3.63, 3.8) is 0 Å². The number of hydrogen-bond donors (Lipinski definition) is 3. The molecule has 1 aromatic carbocycles. The maximum absolute atomic E-state index is 10.7. The molecule has 7 nitrogen and oxygen atoms in total. The molecule has 2 rings (SSSR count). The second kappa shape index (κ2) is 7.87. The van der Waals surface area contributed by atoms with E-state index in [4.69, 9.17) is 19.5 Å². The van der Waals surface area contributed by atoms with Crippen molar-refractivity contribution in [2.24, 2.45) is 5.16 Å². The lowest BCUT2D eigenvalue weighted by Crippen LogP contribution is -1.97. The summed E-state index contributed by atoms with van der Waals surface area (Å²) in [5.74, 6) is -0.375. The number of oxime groups is 1. The monoisotopic (exact) mass is 331 g/mol. The summed E-state index contributed by atoms with van der Waals surface area (Å²) in [4.78, 5) is 10.7. The van der Waals surface area contributed by atoms with Gasteiger partial charge in [0.2, 0.25) is 5.76 Å². The van der Waals surface area contributed by atoms with Gasteiger partial charge in [0.1, 0.15) is 5.76 Å². The van der Waals surface area contributed by atoms with Gasteiger partial charge in [-0.15, -0.1) is 0 Å². The van der Waals surface area contributed by atoms with Crippen LogP contribution in [0.2, 0.25) is 0 Å². The minimum Gasteiger partial charge on any atom is -0.504 e. The van der Waals surface area contributed by atoms with Gasteiger partial charge in [0.25, 0.3) is 0 Å². The van der Waals surface area contributed by atoms with Crippen LogP contribution in [-0.2, 0) is 6.42 Å². The number of nitrogens with zero attached hydrogens (tertiary/aromatic N) is 1. The number of carboxylic acids is 1. The zero-order valence-corrected chi connectivity index (χ0v) is 13.0. The molecule has 0 unspecified atom stereocenters. The number of allylic oxidation sites excluding steroid dienone is 1. The molecular weight excluding hydrogens is 314 g/mol. The zero-order valence-electron chi connectivity index (χ0n) is 13.0. The molecule has 0 saturated heterocycles. The van der Waals surface area contributed by atoms with E-state index in [-0.39, 0.29) is 11.5 Å². The third-order valence-corrected chi connectivity index (χ3v) is 3.30. The van der Waals surface area contributed by atoms with Crippen LogP contribution in [-0.4, -0.2) is 34.2 Å². The minimum absolute atomic E-state index is 0.0396. The van der Waals surface area contributed by atoms with E-state index in [0.717, 1.165) is 5.56 Å². The molecule has 126 valence electrons. The van der Waals surface area contributed by atoms with Crippen molar-refractivity contribution in [3.8, 4) is 11.5 Å². The summed E-state index contributed by atoms with van der Waals surface area (Å²) in [5, 5.41) is 30.6. The SMILES string of the molecule is COc1cc(/C=C/C(CCc2ccc(C(=O)O)o2)=NO)ccc1O. The van der Waals surface area contributed by atoms with E-state index < -0.39 is 5.97 Å². The zero-order chi connectivity index (χ0) is 17.5. The van der Waals surface area contributed by atoms with Gasteiger partial charge in [-0.05, 0) is 35.9 Å². The second-order valence-corrected chi connectivity index (χ2v) is 4.93. The van der Waals surface area contributed by atoms with Crippen LogP contribution >= 0.6 is 0 Å². The Balaban J connectivity index is 2.00. The van der Waals surface area contributed by atoms with Crippen molar-refractivity contribution < 1.29 is 29.4 Å². The number of aromatic carboxylic acids is 1. The number of ether oxygens (including phenoxy) is 1. The molecule has 0 spiro atoms. The van der Waals surface area contributed by atoms with Crippen LogP contribution in [0.4, 0.5) is 0 Å². The number of benzene rings is 1. The Kier molecular flexibility index (Phi) is 5.62. The molecule has 24 heavy (non-hydrogen) atoms.